The number of nitrogens with zero attached hydrogens (tertiary/aromatic N) is 1. The van der Waals surface area contributed by atoms with Gasteiger partial charge in [-0.05, 0) is 32.0 Å². The summed E-state index contributed by atoms with van der Waals surface area (Å²) in [5.41, 5.74) is 8.37. The first-order chi connectivity index (χ1) is 9.38. The van der Waals surface area contributed by atoms with Gasteiger partial charge in [-0.15, -0.1) is 4.40 Å². The van der Waals surface area contributed by atoms with Crippen molar-refractivity contribution in [3.63, 3.8) is 0 Å². The highest BCUT2D eigenvalue weighted by molar-refractivity contribution is 7.90. The van der Waals surface area contributed by atoms with Gasteiger partial charge in [0.25, 0.3) is 10.0 Å². The molecular formula is C15H16N2O2S. The number of rotatable bonds is 3. The zero-order valence-corrected chi connectivity index (χ0v) is 12.2. The molecule has 2 N–H and O–H groups in total. The van der Waals surface area contributed by atoms with Gasteiger partial charge in [0.15, 0.2) is 0 Å². The molecule has 2 rings (SSSR count). The van der Waals surface area contributed by atoms with Gasteiger partial charge in [0.05, 0.1) is 4.90 Å². The molecule has 20 heavy (non-hydrogen) atoms. The molecule has 0 heterocycles. The van der Waals surface area contributed by atoms with Gasteiger partial charge in [-0.25, -0.2) is 0 Å². The minimum atomic E-state index is -3.77. The SMILES string of the molecule is Cc1ccc(S(=O)(=O)N=C(N)c2cccc(C)c2)cc1. The van der Waals surface area contributed by atoms with Gasteiger partial charge in [-0.1, -0.05) is 41.5 Å². The Morgan fingerprint density at radius 1 is 1.00 bits per heavy atom. The first kappa shape index (κ1) is 14.3. The number of hydrogen-bond acceptors (Lipinski definition) is 2. The van der Waals surface area contributed by atoms with Crippen LogP contribution in [0.1, 0.15) is 16.7 Å². The number of hydrogen-bond donors (Lipinski definition) is 1. The molecule has 0 saturated carbocycles. The normalized spacial score (nSPS) is 12.4. The summed E-state index contributed by atoms with van der Waals surface area (Å²) in [7, 11) is -3.77. The third-order valence-corrected chi connectivity index (χ3v) is 4.16. The lowest BCUT2D eigenvalue weighted by molar-refractivity contribution is 0.598. The summed E-state index contributed by atoms with van der Waals surface area (Å²) in [4.78, 5) is 0.138. The van der Waals surface area contributed by atoms with Gasteiger partial charge in [-0.2, -0.15) is 8.42 Å². The molecule has 5 heteroatoms. The minimum Gasteiger partial charge on any atom is -0.383 e. The lowest BCUT2D eigenvalue weighted by Crippen LogP contribution is -2.16. The van der Waals surface area contributed by atoms with E-state index in [2.05, 4.69) is 4.40 Å². The van der Waals surface area contributed by atoms with E-state index in [1.165, 1.54) is 12.1 Å². The molecule has 0 atom stereocenters. The monoisotopic (exact) mass is 288 g/mol. The van der Waals surface area contributed by atoms with Crippen molar-refractivity contribution in [2.24, 2.45) is 10.1 Å². The average molecular weight is 288 g/mol. The highest BCUT2D eigenvalue weighted by atomic mass is 32.2. The quantitative estimate of drug-likeness (QED) is 0.696. The molecule has 0 aromatic heterocycles. The van der Waals surface area contributed by atoms with Crippen LogP contribution < -0.4 is 5.73 Å². The first-order valence-corrected chi connectivity index (χ1v) is 7.57. The van der Waals surface area contributed by atoms with Crippen molar-refractivity contribution in [2.45, 2.75) is 18.7 Å². The van der Waals surface area contributed by atoms with E-state index in [0.29, 0.717) is 5.56 Å². The maximum absolute atomic E-state index is 12.1. The minimum absolute atomic E-state index is 0.00530. The van der Waals surface area contributed by atoms with Crippen LogP contribution in [0, 0.1) is 13.8 Å². The van der Waals surface area contributed by atoms with E-state index in [4.69, 9.17) is 5.73 Å². The molecule has 0 aliphatic carbocycles. The molecule has 0 saturated heterocycles. The van der Waals surface area contributed by atoms with Gasteiger partial charge in [0, 0.05) is 5.56 Å². The summed E-state index contributed by atoms with van der Waals surface area (Å²) in [6, 6.07) is 13.8. The van der Waals surface area contributed by atoms with Crippen LogP contribution in [-0.2, 0) is 10.0 Å². The summed E-state index contributed by atoms with van der Waals surface area (Å²) in [6.45, 7) is 3.80. The zero-order chi connectivity index (χ0) is 14.8. The Morgan fingerprint density at radius 3 is 2.25 bits per heavy atom. The Bertz CT molecular complexity index is 748. The number of sulfonamides is 1. The third-order valence-electron chi connectivity index (χ3n) is 2.85. The van der Waals surface area contributed by atoms with E-state index in [-0.39, 0.29) is 10.7 Å². The molecule has 4 nitrogen and oxygen atoms in total. The van der Waals surface area contributed by atoms with Crippen LogP contribution in [0.3, 0.4) is 0 Å². The molecular weight excluding hydrogens is 272 g/mol. The van der Waals surface area contributed by atoms with E-state index in [9.17, 15) is 8.42 Å². The van der Waals surface area contributed by atoms with Gasteiger partial charge in [0.2, 0.25) is 0 Å². The van der Waals surface area contributed by atoms with Crippen LogP contribution in [0.5, 0.6) is 0 Å². The number of benzene rings is 2. The molecule has 0 spiro atoms. The largest absolute Gasteiger partial charge is 0.383 e. The Balaban J connectivity index is 2.40. The molecule has 0 radical (unpaired) electrons. The number of amidine groups is 1. The standard InChI is InChI=1S/C15H16N2O2S/c1-11-6-8-14(9-7-11)20(18,19)17-15(16)13-5-3-4-12(2)10-13/h3-10H,1-2H3,(H2,16,17). The second-order valence-corrected chi connectivity index (χ2v) is 6.24. The number of aryl methyl sites for hydroxylation is 2. The van der Waals surface area contributed by atoms with Gasteiger partial charge < -0.3 is 5.73 Å². The Kier molecular flexibility index (Phi) is 3.90. The molecule has 2 aromatic carbocycles. The molecule has 0 unspecified atom stereocenters. The molecule has 104 valence electrons. The molecule has 0 amide bonds. The first-order valence-electron chi connectivity index (χ1n) is 6.13. The molecule has 2 aromatic rings. The fourth-order valence-electron chi connectivity index (χ4n) is 1.75. The Labute approximate surface area is 119 Å². The second-order valence-electron chi connectivity index (χ2n) is 4.63. The van der Waals surface area contributed by atoms with Crippen molar-refractivity contribution in [3.8, 4) is 0 Å². The lowest BCUT2D eigenvalue weighted by atomic mass is 10.1. The lowest BCUT2D eigenvalue weighted by Gasteiger charge is -2.04. The predicted molar refractivity (Wildman–Crippen MR) is 80.3 cm³/mol. The van der Waals surface area contributed by atoms with Crippen LogP contribution in [0.25, 0.3) is 0 Å². The summed E-state index contributed by atoms with van der Waals surface area (Å²) < 4.78 is 28.0. The van der Waals surface area contributed by atoms with E-state index < -0.39 is 10.0 Å². The third kappa shape index (κ3) is 3.24. The van der Waals surface area contributed by atoms with Crippen LogP contribution in [0.2, 0.25) is 0 Å². The summed E-state index contributed by atoms with van der Waals surface area (Å²) in [6.07, 6.45) is 0. The molecule has 0 aliphatic heterocycles. The molecule has 0 aliphatic rings. The summed E-state index contributed by atoms with van der Waals surface area (Å²) >= 11 is 0. The van der Waals surface area contributed by atoms with Gasteiger partial charge in [-0.3, -0.25) is 0 Å². The maximum Gasteiger partial charge on any atom is 0.284 e. The van der Waals surface area contributed by atoms with Crippen LogP contribution in [0.15, 0.2) is 57.8 Å². The average Bonchev–Trinajstić information content (AvgIpc) is 2.38. The predicted octanol–water partition coefficient (Wildman–Crippen LogP) is 2.40. The van der Waals surface area contributed by atoms with E-state index >= 15 is 0 Å². The molecule has 0 fully saturated rings. The zero-order valence-electron chi connectivity index (χ0n) is 11.4. The smallest absolute Gasteiger partial charge is 0.284 e. The Hall–Kier alpha value is -2.14. The maximum atomic E-state index is 12.1. The van der Waals surface area contributed by atoms with Gasteiger partial charge >= 0.3 is 0 Å². The van der Waals surface area contributed by atoms with E-state index in [1.54, 1.807) is 24.3 Å². The second kappa shape index (κ2) is 5.46. The Morgan fingerprint density at radius 2 is 1.65 bits per heavy atom. The fraction of sp³-hybridized carbons (Fsp3) is 0.133. The van der Waals surface area contributed by atoms with Crippen LogP contribution in [-0.4, -0.2) is 14.3 Å². The fourth-order valence-corrected chi connectivity index (χ4v) is 2.70. The van der Waals surface area contributed by atoms with Crippen molar-refractivity contribution in [1.29, 1.82) is 0 Å². The summed E-state index contributed by atoms with van der Waals surface area (Å²) in [5, 5.41) is 0. The van der Waals surface area contributed by atoms with Crippen molar-refractivity contribution in [2.75, 3.05) is 0 Å². The van der Waals surface area contributed by atoms with Crippen LogP contribution >= 0.6 is 0 Å². The number of nitrogens with two attached hydrogens (primary N) is 1. The van der Waals surface area contributed by atoms with Crippen molar-refractivity contribution >= 4 is 15.9 Å². The highest BCUT2D eigenvalue weighted by Gasteiger charge is 2.13. The van der Waals surface area contributed by atoms with Gasteiger partial charge in [0.1, 0.15) is 5.84 Å². The van der Waals surface area contributed by atoms with E-state index in [1.807, 2.05) is 26.0 Å². The van der Waals surface area contributed by atoms with Crippen LogP contribution in [0.4, 0.5) is 0 Å². The molecule has 0 bridgehead atoms. The summed E-state index contributed by atoms with van der Waals surface area (Å²) in [5.74, 6) is -0.00530. The highest BCUT2D eigenvalue weighted by Crippen LogP contribution is 2.14. The topological polar surface area (TPSA) is 72.5 Å². The van der Waals surface area contributed by atoms with Crippen molar-refractivity contribution < 1.29 is 8.42 Å². The van der Waals surface area contributed by atoms with Crippen molar-refractivity contribution in [1.82, 2.24) is 0 Å². The van der Waals surface area contributed by atoms with E-state index in [0.717, 1.165) is 11.1 Å². The van der Waals surface area contributed by atoms with Crippen molar-refractivity contribution in [3.05, 3.63) is 65.2 Å².